The molecule has 2 heterocycles. The van der Waals surface area contributed by atoms with E-state index in [0.717, 1.165) is 37.7 Å². The van der Waals surface area contributed by atoms with Gasteiger partial charge in [0.2, 0.25) is 0 Å². The van der Waals surface area contributed by atoms with Gasteiger partial charge >= 0.3 is 0 Å². The zero-order valence-corrected chi connectivity index (χ0v) is 13.7. The SMILES string of the molecule is COCc1nccc([C@H]2CCCN(Cc3cccc(F)c3F)C2)n1. The molecule has 0 N–H and O–H groups in total. The van der Waals surface area contributed by atoms with Gasteiger partial charge in [-0.2, -0.15) is 0 Å². The largest absolute Gasteiger partial charge is 0.377 e. The highest BCUT2D eigenvalue weighted by molar-refractivity contribution is 5.19. The Balaban J connectivity index is 1.70. The van der Waals surface area contributed by atoms with E-state index >= 15 is 0 Å². The average Bonchev–Trinajstić information content (AvgIpc) is 2.60. The van der Waals surface area contributed by atoms with Crippen molar-refractivity contribution in [1.29, 1.82) is 0 Å². The van der Waals surface area contributed by atoms with Crippen LogP contribution in [0.15, 0.2) is 30.5 Å². The number of ether oxygens (including phenoxy) is 1. The van der Waals surface area contributed by atoms with Crippen molar-refractivity contribution in [2.75, 3.05) is 20.2 Å². The first-order chi connectivity index (χ1) is 11.7. The van der Waals surface area contributed by atoms with Crippen LogP contribution in [-0.4, -0.2) is 35.1 Å². The summed E-state index contributed by atoms with van der Waals surface area (Å²) < 4.78 is 32.3. The number of hydrogen-bond donors (Lipinski definition) is 0. The number of rotatable bonds is 5. The van der Waals surface area contributed by atoms with Crippen molar-refractivity contribution in [2.45, 2.75) is 31.9 Å². The second kappa shape index (κ2) is 7.77. The fourth-order valence-corrected chi connectivity index (χ4v) is 3.19. The highest BCUT2D eigenvalue weighted by Crippen LogP contribution is 2.27. The summed E-state index contributed by atoms with van der Waals surface area (Å²) in [5, 5.41) is 0. The van der Waals surface area contributed by atoms with Gasteiger partial charge in [0.1, 0.15) is 6.61 Å². The van der Waals surface area contributed by atoms with Crippen LogP contribution >= 0.6 is 0 Å². The number of hydrogen-bond acceptors (Lipinski definition) is 4. The van der Waals surface area contributed by atoms with Crippen LogP contribution in [0.3, 0.4) is 0 Å². The number of likely N-dealkylation sites (tertiary alicyclic amines) is 1. The van der Waals surface area contributed by atoms with Gasteiger partial charge < -0.3 is 4.74 Å². The number of nitrogens with zero attached hydrogens (tertiary/aromatic N) is 3. The molecule has 1 aliphatic rings. The first kappa shape index (κ1) is 16.9. The third kappa shape index (κ3) is 3.94. The Bertz CT molecular complexity index is 696. The summed E-state index contributed by atoms with van der Waals surface area (Å²) in [4.78, 5) is 10.9. The van der Waals surface area contributed by atoms with Crippen molar-refractivity contribution in [3.63, 3.8) is 0 Å². The summed E-state index contributed by atoms with van der Waals surface area (Å²) >= 11 is 0. The van der Waals surface area contributed by atoms with Gasteiger partial charge in [-0.25, -0.2) is 18.7 Å². The van der Waals surface area contributed by atoms with Crippen molar-refractivity contribution in [3.05, 3.63) is 59.2 Å². The molecule has 1 atom stereocenters. The minimum Gasteiger partial charge on any atom is -0.377 e. The Labute approximate surface area is 140 Å². The van der Waals surface area contributed by atoms with E-state index in [4.69, 9.17) is 4.74 Å². The first-order valence-electron chi connectivity index (χ1n) is 8.13. The lowest BCUT2D eigenvalue weighted by atomic mass is 9.94. The molecule has 1 saturated heterocycles. The minimum atomic E-state index is -0.791. The predicted octanol–water partition coefficient (Wildman–Crippen LogP) is 3.28. The van der Waals surface area contributed by atoms with Gasteiger partial charge in [0.25, 0.3) is 0 Å². The number of methoxy groups -OCH3 is 1. The summed E-state index contributed by atoms with van der Waals surface area (Å²) in [7, 11) is 1.62. The maximum Gasteiger partial charge on any atom is 0.163 e. The third-order valence-corrected chi connectivity index (χ3v) is 4.35. The van der Waals surface area contributed by atoms with Gasteiger partial charge in [-0.15, -0.1) is 0 Å². The molecule has 0 spiro atoms. The molecule has 6 heteroatoms. The minimum absolute atomic E-state index is 0.272. The van der Waals surface area contributed by atoms with Crippen molar-refractivity contribution in [1.82, 2.24) is 14.9 Å². The van der Waals surface area contributed by atoms with Crippen LogP contribution in [0.1, 0.15) is 35.8 Å². The summed E-state index contributed by atoms with van der Waals surface area (Å²) in [6.07, 6.45) is 3.79. The molecule has 128 valence electrons. The quantitative estimate of drug-likeness (QED) is 0.842. The van der Waals surface area contributed by atoms with Crippen molar-refractivity contribution >= 4 is 0 Å². The number of halogens is 2. The predicted molar refractivity (Wildman–Crippen MR) is 86.4 cm³/mol. The van der Waals surface area contributed by atoms with Gasteiger partial charge in [0.05, 0.1) is 0 Å². The first-order valence-corrected chi connectivity index (χ1v) is 8.13. The monoisotopic (exact) mass is 333 g/mol. The van der Waals surface area contributed by atoms with Gasteiger partial charge in [0.15, 0.2) is 17.5 Å². The Hall–Kier alpha value is -1.92. The van der Waals surface area contributed by atoms with E-state index in [0.29, 0.717) is 24.5 Å². The lowest BCUT2D eigenvalue weighted by molar-refractivity contribution is 0.175. The van der Waals surface area contributed by atoms with E-state index in [1.54, 1.807) is 25.4 Å². The van der Waals surface area contributed by atoms with Crippen LogP contribution < -0.4 is 0 Å². The molecule has 1 aromatic carbocycles. The number of aromatic nitrogens is 2. The number of piperidine rings is 1. The lowest BCUT2D eigenvalue weighted by Crippen LogP contribution is -2.34. The van der Waals surface area contributed by atoms with Crippen molar-refractivity contribution < 1.29 is 13.5 Å². The van der Waals surface area contributed by atoms with Crippen molar-refractivity contribution in [3.8, 4) is 0 Å². The third-order valence-electron chi connectivity index (χ3n) is 4.35. The highest BCUT2D eigenvalue weighted by Gasteiger charge is 2.23. The zero-order valence-electron chi connectivity index (χ0n) is 13.7. The van der Waals surface area contributed by atoms with E-state index in [1.165, 1.54) is 0 Å². The molecule has 0 saturated carbocycles. The maximum absolute atomic E-state index is 13.9. The molecule has 2 aromatic rings. The van der Waals surface area contributed by atoms with E-state index in [-0.39, 0.29) is 5.92 Å². The molecular formula is C18H21F2N3O. The lowest BCUT2D eigenvalue weighted by Gasteiger charge is -2.32. The van der Waals surface area contributed by atoms with Crippen molar-refractivity contribution in [2.24, 2.45) is 0 Å². The summed E-state index contributed by atoms with van der Waals surface area (Å²) in [5.74, 6) is -0.595. The maximum atomic E-state index is 13.9. The molecular weight excluding hydrogens is 312 g/mol. The summed E-state index contributed by atoms with van der Waals surface area (Å²) in [6.45, 7) is 2.46. The molecule has 0 aliphatic carbocycles. The Kier molecular flexibility index (Phi) is 5.48. The number of benzene rings is 1. The van der Waals surface area contributed by atoms with Crippen LogP contribution in [0, 0.1) is 11.6 Å². The Morgan fingerprint density at radius 3 is 3.00 bits per heavy atom. The van der Waals surface area contributed by atoms with Crippen LogP contribution in [0.5, 0.6) is 0 Å². The average molecular weight is 333 g/mol. The Morgan fingerprint density at radius 1 is 1.29 bits per heavy atom. The molecule has 1 aliphatic heterocycles. The summed E-state index contributed by atoms with van der Waals surface area (Å²) in [5.41, 5.74) is 1.39. The molecule has 1 aromatic heterocycles. The molecule has 24 heavy (non-hydrogen) atoms. The Morgan fingerprint density at radius 2 is 2.17 bits per heavy atom. The normalized spacial score (nSPS) is 18.7. The topological polar surface area (TPSA) is 38.2 Å². The van der Waals surface area contributed by atoms with Gasteiger partial charge in [-0.1, -0.05) is 12.1 Å². The van der Waals surface area contributed by atoms with Crippen LogP contribution in [0.2, 0.25) is 0 Å². The zero-order chi connectivity index (χ0) is 16.9. The van der Waals surface area contributed by atoms with Crippen LogP contribution in [-0.2, 0) is 17.9 Å². The fourth-order valence-electron chi connectivity index (χ4n) is 3.19. The molecule has 0 amide bonds. The van der Waals surface area contributed by atoms with E-state index in [1.807, 2.05) is 6.07 Å². The second-order valence-electron chi connectivity index (χ2n) is 6.12. The second-order valence-corrected chi connectivity index (χ2v) is 6.12. The molecule has 4 nitrogen and oxygen atoms in total. The van der Waals surface area contributed by atoms with Crippen LogP contribution in [0.4, 0.5) is 8.78 Å². The summed E-state index contributed by atoms with van der Waals surface area (Å²) in [6, 6.07) is 6.27. The van der Waals surface area contributed by atoms with Gasteiger partial charge in [0, 0.05) is 43.6 Å². The van der Waals surface area contributed by atoms with Gasteiger partial charge in [-0.3, -0.25) is 4.90 Å². The smallest absolute Gasteiger partial charge is 0.163 e. The van der Waals surface area contributed by atoms with Gasteiger partial charge in [-0.05, 0) is 31.5 Å². The molecule has 1 fully saturated rings. The van der Waals surface area contributed by atoms with E-state index in [9.17, 15) is 8.78 Å². The molecule has 3 rings (SSSR count). The fraction of sp³-hybridized carbons (Fsp3) is 0.444. The molecule has 0 unspecified atom stereocenters. The van der Waals surface area contributed by atoms with Crippen LogP contribution in [0.25, 0.3) is 0 Å². The standard InChI is InChI=1S/C18H21F2N3O/c1-24-12-17-21-8-7-16(22-17)13-5-3-9-23(10-13)11-14-4-2-6-15(19)18(14)20/h2,4,6-8,13H,3,5,9-12H2,1H3/t13-/m0/s1. The van der Waals surface area contributed by atoms with E-state index in [2.05, 4.69) is 14.9 Å². The highest BCUT2D eigenvalue weighted by atomic mass is 19.2. The molecule has 0 bridgehead atoms. The van der Waals surface area contributed by atoms with E-state index < -0.39 is 11.6 Å². The molecule has 0 radical (unpaired) electrons.